The van der Waals surface area contributed by atoms with Gasteiger partial charge in [0.15, 0.2) is 0 Å². The summed E-state index contributed by atoms with van der Waals surface area (Å²) in [4.78, 5) is 28.8. The van der Waals surface area contributed by atoms with E-state index in [2.05, 4.69) is 4.90 Å². The fourth-order valence-electron chi connectivity index (χ4n) is 2.72. The third-order valence-electron chi connectivity index (χ3n) is 4.01. The number of phenols is 1. The summed E-state index contributed by atoms with van der Waals surface area (Å²) >= 11 is 0. The zero-order chi connectivity index (χ0) is 15.5. The fourth-order valence-corrected chi connectivity index (χ4v) is 2.72. The molecule has 3 rings (SSSR count). The van der Waals surface area contributed by atoms with E-state index >= 15 is 0 Å². The molecule has 22 heavy (non-hydrogen) atoms. The van der Waals surface area contributed by atoms with E-state index in [1.54, 1.807) is 12.1 Å². The van der Waals surface area contributed by atoms with E-state index < -0.39 is 6.09 Å². The molecule has 1 aromatic rings. The summed E-state index contributed by atoms with van der Waals surface area (Å²) in [7, 11) is 0. The minimum absolute atomic E-state index is 0.194. The minimum Gasteiger partial charge on any atom is -0.508 e. The monoisotopic (exact) mass is 305 g/mol. The van der Waals surface area contributed by atoms with Crippen LogP contribution in [0, 0.1) is 0 Å². The third kappa shape index (κ3) is 3.14. The normalized spacial score (nSPS) is 19.4. The maximum absolute atomic E-state index is 12.1. The molecule has 2 amide bonds. The number of cyclic esters (lactones) is 1. The number of hydrogen-bond acceptors (Lipinski definition) is 6. The Morgan fingerprint density at radius 1 is 1.09 bits per heavy atom. The molecule has 2 aliphatic rings. The second kappa shape index (κ2) is 6.23. The third-order valence-corrected chi connectivity index (χ3v) is 4.01. The van der Waals surface area contributed by atoms with Crippen molar-refractivity contribution in [3.63, 3.8) is 0 Å². The van der Waals surface area contributed by atoms with Crippen molar-refractivity contribution in [2.45, 2.75) is 0 Å². The fraction of sp³-hybridized carbons (Fsp3) is 0.467. The van der Waals surface area contributed by atoms with Crippen LogP contribution in [0.25, 0.3) is 0 Å². The Morgan fingerprint density at radius 2 is 1.77 bits per heavy atom. The lowest BCUT2D eigenvalue weighted by Gasteiger charge is -2.36. The average molecular weight is 305 g/mol. The smallest absolute Gasteiger partial charge is 0.416 e. The molecule has 0 aromatic heterocycles. The number of benzene rings is 1. The van der Waals surface area contributed by atoms with Crippen LogP contribution in [0.5, 0.6) is 5.75 Å². The first-order chi connectivity index (χ1) is 10.6. The van der Waals surface area contributed by atoms with Gasteiger partial charge in [-0.2, -0.15) is 0 Å². The lowest BCUT2D eigenvalue weighted by Crippen LogP contribution is -2.50. The molecule has 0 radical (unpaired) electrons. The number of phenolic OH excluding ortho intramolecular Hbond substituents is 1. The van der Waals surface area contributed by atoms with Crippen LogP contribution in [0.3, 0.4) is 0 Å². The van der Waals surface area contributed by atoms with Gasteiger partial charge in [0.1, 0.15) is 12.4 Å². The van der Waals surface area contributed by atoms with Gasteiger partial charge >= 0.3 is 6.09 Å². The molecule has 7 nitrogen and oxygen atoms in total. The Hall–Kier alpha value is -2.28. The molecular weight excluding hydrogens is 286 g/mol. The van der Waals surface area contributed by atoms with Crippen LogP contribution in [0.15, 0.2) is 24.3 Å². The maximum atomic E-state index is 12.1. The molecule has 1 N–H and O–H groups in total. The molecule has 2 heterocycles. The van der Waals surface area contributed by atoms with Gasteiger partial charge in [-0.25, -0.2) is 9.69 Å². The number of carbonyl (C=O) groups is 2. The van der Waals surface area contributed by atoms with Crippen LogP contribution in [-0.4, -0.2) is 72.8 Å². The molecule has 0 saturated carbocycles. The number of amides is 2. The molecule has 0 aliphatic carbocycles. The van der Waals surface area contributed by atoms with Crippen molar-refractivity contribution >= 4 is 17.7 Å². The van der Waals surface area contributed by atoms with Crippen LogP contribution < -0.4 is 4.90 Å². The molecule has 2 fully saturated rings. The molecular formula is C15H19N3O4. The standard InChI is InChI=1S/C15H19N3O4/c19-13-3-1-12(2-4-13)17-7-5-16(6-8-17)11-14(20)18-9-10-22-15(18)21/h1-4,19H,5-11H2. The van der Waals surface area contributed by atoms with Crippen molar-refractivity contribution in [3.8, 4) is 5.75 Å². The highest BCUT2D eigenvalue weighted by Gasteiger charge is 2.30. The van der Waals surface area contributed by atoms with Crippen molar-refractivity contribution < 1.29 is 19.4 Å². The lowest BCUT2D eigenvalue weighted by atomic mass is 10.2. The van der Waals surface area contributed by atoms with Crippen molar-refractivity contribution in [1.29, 1.82) is 0 Å². The van der Waals surface area contributed by atoms with Crippen molar-refractivity contribution in [1.82, 2.24) is 9.80 Å². The summed E-state index contributed by atoms with van der Waals surface area (Å²) in [6.45, 7) is 4.03. The highest BCUT2D eigenvalue weighted by Crippen LogP contribution is 2.19. The Labute approximate surface area is 128 Å². The van der Waals surface area contributed by atoms with Gasteiger partial charge in [0.25, 0.3) is 0 Å². The molecule has 1 aromatic carbocycles. The van der Waals surface area contributed by atoms with E-state index in [0.29, 0.717) is 13.2 Å². The zero-order valence-electron chi connectivity index (χ0n) is 12.3. The number of carbonyl (C=O) groups excluding carboxylic acids is 2. The van der Waals surface area contributed by atoms with Gasteiger partial charge in [-0.3, -0.25) is 9.69 Å². The number of anilines is 1. The summed E-state index contributed by atoms with van der Waals surface area (Å²) in [6.07, 6.45) is -0.535. The van der Waals surface area contributed by atoms with Crippen molar-refractivity contribution in [3.05, 3.63) is 24.3 Å². The number of piperazine rings is 1. The van der Waals surface area contributed by atoms with Gasteiger partial charge in [-0.05, 0) is 24.3 Å². The van der Waals surface area contributed by atoms with Gasteiger partial charge in [0.2, 0.25) is 5.91 Å². The number of hydrogen-bond donors (Lipinski definition) is 1. The predicted molar refractivity (Wildman–Crippen MR) is 79.8 cm³/mol. The maximum Gasteiger partial charge on any atom is 0.416 e. The van der Waals surface area contributed by atoms with Crippen molar-refractivity contribution in [2.75, 3.05) is 50.8 Å². The van der Waals surface area contributed by atoms with Crippen LogP contribution >= 0.6 is 0 Å². The average Bonchev–Trinajstić information content (AvgIpc) is 2.95. The van der Waals surface area contributed by atoms with Gasteiger partial charge in [0, 0.05) is 31.9 Å². The first-order valence-electron chi connectivity index (χ1n) is 7.37. The molecule has 2 aliphatic heterocycles. The van der Waals surface area contributed by atoms with Crippen LogP contribution in [0.4, 0.5) is 10.5 Å². The molecule has 2 saturated heterocycles. The lowest BCUT2D eigenvalue weighted by molar-refractivity contribution is -0.129. The highest BCUT2D eigenvalue weighted by atomic mass is 16.6. The first kappa shape index (κ1) is 14.6. The molecule has 7 heteroatoms. The second-order valence-electron chi connectivity index (χ2n) is 5.44. The summed E-state index contributed by atoms with van der Waals surface area (Å²) < 4.78 is 4.78. The Balaban J connectivity index is 1.50. The van der Waals surface area contributed by atoms with Crippen molar-refractivity contribution in [2.24, 2.45) is 0 Å². The van der Waals surface area contributed by atoms with E-state index in [1.807, 2.05) is 17.0 Å². The number of nitrogens with zero attached hydrogens (tertiary/aromatic N) is 3. The largest absolute Gasteiger partial charge is 0.508 e. The van der Waals surface area contributed by atoms with Gasteiger partial charge in [-0.1, -0.05) is 0 Å². The number of imide groups is 1. The highest BCUT2D eigenvalue weighted by molar-refractivity contribution is 5.94. The number of aromatic hydroxyl groups is 1. The van der Waals surface area contributed by atoms with E-state index in [9.17, 15) is 14.7 Å². The van der Waals surface area contributed by atoms with Gasteiger partial charge < -0.3 is 14.7 Å². The summed E-state index contributed by atoms with van der Waals surface area (Å²) in [5, 5.41) is 9.31. The molecule has 0 spiro atoms. The summed E-state index contributed by atoms with van der Waals surface area (Å²) in [5.74, 6) is 0.0612. The Kier molecular flexibility index (Phi) is 4.15. The second-order valence-corrected chi connectivity index (χ2v) is 5.44. The van der Waals surface area contributed by atoms with E-state index in [-0.39, 0.29) is 18.2 Å². The molecule has 118 valence electrons. The van der Waals surface area contributed by atoms with Gasteiger partial charge in [-0.15, -0.1) is 0 Å². The van der Waals surface area contributed by atoms with Crippen LogP contribution in [0.2, 0.25) is 0 Å². The molecule has 0 atom stereocenters. The van der Waals surface area contributed by atoms with Crippen LogP contribution in [-0.2, 0) is 9.53 Å². The minimum atomic E-state index is -0.535. The molecule has 0 bridgehead atoms. The van der Waals surface area contributed by atoms with E-state index in [0.717, 1.165) is 31.9 Å². The number of ether oxygens (including phenoxy) is 1. The van der Waals surface area contributed by atoms with Gasteiger partial charge in [0.05, 0.1) is 13.1 Å². The Bertz CT molecular complexity index is 552. The number of rotatable bonds is 3. The van der Waals surface area contributed by atoms with Crippen LogP contribution in [0.1, 0.15) is 0 Å². The topological polar surface area (TPSA) is 73.3 Å². The predicted octanol–water partition coefficient (Wildman–Crippen LogP) is 0.493. The molecule has 0 unspecified atom stereocenters. The van der Waals surface area contributed by atoms with E-state index in [1.165, 1.54) is 4.90 Å². The van der Waals surface area contributed by atoms with E-state index in [4.69, 9.17) is 4.74 Å². The summed E-state index contributed by atoms with van der Waals surface area (Å²) in [6, 6.07) is 7.11. The SMILES string of the molecule is O=C(CN1CCN(c2ccc(O)cc2)CC1)N1CCOC1=O. The first-order valence-corrected chi connectivity index (χ1v) is 7.37. The Morgan fingerprint density at radius 3 is 2.36 bits per heavy atom. The zero-order valence-corrected chi connectivity index (χ0v) is 12.3. The quantitative estimate of drug-likeness (QED) is 0.876. The summed E-state index contributed by atoms with van der Waals surface area (Å²) in [5.41, 5.74) is 1.06.